The molecule has 0 bridgehead atoms. The van der Waals surface area contributed by atoms with Crippen LogP contribution in [-0.2, 0) is 14.9 Å². The third-order valence-corrected chi connectivity index (χ3v) is 4.16. The Morgan fingerprint density at radius 3 is 1.87 bits per heavy atom. The van der Waals surface area contributed by atoms with Gasteiger partial charge in [0.2, 0.25) is 0 Å². The number of nitrogens with one attached hydrogen (secondary N) is 1. The van der Waals surface area contributed by atoms with Gasteiger partial charge >= 0.3 is 5.97 Å². The molecule has 3 nitrogen and oxygen atoms in total. The van der Waals surface area contributed by atoms with Crippen molar-refractivity contribution in [2.75, 3.05) is 27.2 Å². The highest BCUT2D eigenvalue weighted by atomic mass is 16.5. The second-order valence-corrected chi connectivity index (χ2v) is 6.30. The monoisotopic (exact) mass is 312 g/mol. The third kappa shape index (κ3) is 4.20. The Kier molecular flexibility index (Phi) is 5.94. The van der Waals surface area contributed by atoms with Gasteiger partial charge in [-0.3, -0.25) is 4.79 Å². The summed E-state index contributed by atoms with van der Waals surface area (Å²) >= 11 is 0. The first kappa shape index (κ1) is 17.2. The van der Waals surface area contributed by atoms with E-state index < -0.39 is 5.41 Å². The number of ether oxygens (including phenoxy) is 1. The maximum atomic E-state index is 12.9. The summed E-state index contributed by atoms with van der Waals surface area (Å²) in [5, 5.41) is 0. The van der Waals surface area contributed by atoms with Crippen LogP contribution in [0.1, 0.15) is 24.5 Å². The number of quaternary nitrogens is 1. The van der Waals surface area contributed by atoms with Gasteiger partial charge in [0, 0.05) is 6.42 Å². The van der Waals surface area contributed by atoms with Crippen molar-refractivity contribution in [3.05, 3.63) is 71.8 Å². The van der Waals surface area contributed by atoms with E-state index in [2.05, 4.69) is 14.1 Å². The van der Waals surface area contributed by atoms with Gasteiger partial charge in [-0.25, -0.2) is 0 Å². The van der Waals surface area contributed by atoms with E-state index in [1.54, 1.807) is 0 Å². The van der Waals surface area contributed by atoms with Crippen molar-refractivity contribution in [2.45, 2.75) is 18.8 Å². The van der Waals surface area contributed by atoms with Crippen LogP contribution in [0.3, 0.4) is 0 Å². The Bertz CT molecular complexity index is 569. The number of hydrogen-bond donors (Lipinski definition) is 1. The first-order valence-electron chi connectivity index (χ1n) is 8.12. The molecule has 2 aromatic rings. The molecule has 0 amide bonds. The molecule has 0 aliphatic rings. The molecule has 0 fully saturated rings. The lowest BCUT2D eigenvalue weighted by atomic mass is 9.76. The van der Waals surface area contributed by atoms with Gasteiger partial charge < -0.3 is 9.64 Å². The highest BCUT2D eigenvalue weighted by Crippen LogP contribution is 2.33. The number of benzene rings is 2. The van der Waals surface area contributed by atoms with Gasteiger partial charge in [-0.15, -0.1) is 0 Å². The number of esters is 1. The molecule has 0 aromatic heterocycles. The highest BCUT2D eigenvalue weighted by Gasteiger charge is 2.38. The topological polar surface area (TPSA) is 30.7 Å². The van der Waals surface area contributed by atoms with Crippen molar-refractivity contribution >= 4 is 5.97 Å². The first-order chi connectivity index (χ1) is 11.0. The molecule has 1 N–H and O–H groups in total. The molecule has 0 heterocycles. The molecule has 0 aliphatic carbocycles. The van der Waals surface area contributed by atoms with Gasteiger partial charge in [0.1, 0.15) is 5.41 Å². The van der Waals surface area contributed by atoms with E-state index in [0.717, 1.165) is 24.1 Å². The molecular formula is C20H26NO2+. The summed E-state index contributed by atoms with van der Waals surface area (Å²) in [6.45, 7) is 3.39. The fourth-order valence-corrected chi connectivity index (χ4v) is 2.68. The standard InChI is InChI=1S/C20H25NO2/c1-20(17-11-6-4-7-12-17,18-13-8-5-9-14-18)19(22)23-16-10-15-21(2)3/h4-9,11-14H,10,15-16H2,1-3H3/p+1. The zero-order valence-electron chi connectivity index (χ0n) is 14.2. The van der Waals surface area contributed by atoms with Crippen LogP contribution in [0.2, 0.25) is 0 Å². The smallest absolute Gasteiger partial charge is 0.320 e. The van der Waals surface area contributed by atoms with Gasteiger partial charge in [0.15, 0.2) is 0 Å². The van der Waals surface area contributed by atoms with Gasteiger partial charge in [-0.05, 0) is 18.1 Å². The maximum Gasteiger partial charge on any atom is 0.320 e. The molecule has 0 atom stereocenters. The molecule has 2 rings (SSSR count). The average Bonchev–Trinajstić information content (AvgIpc) is 2.59. The van der Waals surface area contributed by atoms with Crippen molar-refractivity contribution in [3.8, 4) is 0 Å². The van der Waals surface area contributed by atoms with E-state index in [1.165, 1.54) is 4.90 Å². The summed E-state index contributed by atoms with van der Waals surface area (Å²) < 4.78 is 5.61. The molecular weight excluding hydrogens is 286 g/mol. The predicted molar refractivity (Wildman–Crippen MR) is 92.6 cm³/mol. The quantitative estimate of drug-likeness (QED) is 0.627. The van der Waals surface area contributed by atoms with Crippen LogP contribution in [0.15, 0.2) is 60.7 Å². The normalized spacial score (nSPS) is 11.5. The van der Waals surface area contributed by atoms with E-state index in [-0.39, 0.29) is 5.97 Å². The lowest BCUT2D eigenvalue weighted by Gasteiger charge is -2.28. The lowest BCUT2D eigenvalue weighted by molar-refractivity contribution is -0.858. The van der Waals surface area contributed by atoms with Crippen molar-refractivity contribution in [3.63, 3.8) is 0 Å². The molecule has 0 saturated carbocycles. The van der Waals surface area contributed by atoms with E-state index in [1.807, 2.05) is 67.6 Å². The van der Waals surface area contributed by atoms with E-state index in [9.17, 15) is 4.79 Å². The Balaban J connectivity index is 2.23. The Morgan fingerprint density at radius 2 is 1.43 bits per heavy atom. The highest BCUT2D eigenvalue weighted by molar-refractivity contribution is 5.87. The van der Waals surface area contributed by atoms with Gasteiger partial charge in [0.05, 0.1) is 27.2 Å². The average molecular weight is 312 g/mol. The van der Waals surface area contributed by atoms with Crippen molar-refractivity contribution in [1.29, 1.82) is 0 Å². The summed E-state index contributed by atoms with van der Waals surface area (Å²) in [6, 6.07) is 19.7. The zero-order valence-corrected chi connectivity index (χ0v) is 14.2. The van der Waals surface area contributed by atoms with Crippen LogP contribution < -0.4 is 4.90 Å². The zero-order chi connectivity index (χ0) is 16.7. The van der Waals surface area contributed by atoms with Gasteiger partial charge in [0.25, 0.3) is 0 Å². The molecule has 2 aromatic carbocycles. The Morgan fingerprint density at radius 1 is 0.957 bits per heavy atom. The second kappa shape index (κ2) is 7.93. The Labute approximate surface area is 138 Å². The van der Waals surface area contributed by atoms with Crippen LogP contribution in [0.4, 0.5) is 0 Å². The minimum absolute atomic E-state index is 0.191. The van der Waals surface area contributed by atoms with Crippen LogP contribution in [0, 0.1) is 0 Å². The van der Waals surface area contributed by atoms with Crippen molar-refractivity contribution < 1.29 is 14.4 Å². The van der Waals surface area contributed by atoms with Gasteiger partial charge in [-0.1, -0.05) is 60.7 Å². The Hall–Kier alpha value is -2.13. The number of hydrogen-bond acceptors (Lipinski definition) is 2. The van der Waals surface area contributed by atoms with Gasteiger partial charge in [-0.2, -0.15) is 0 Å². The number of rotatable bonds is 7. The summed E-state index contributed by atoms with van der Waals surface area (Å²) in [6.07, 6.45) is 0.869. The first-order valence-corrected chi connectivity index (χ1v) is 8.12. The summed E-state index contributed by atoms with van der Waals surface area (Å²) in [4.78, 5) is 14.2. The summed E-state index contributed by atoms with van der Waals surface area (Å²) in [5.74, 6) is -0.191. The van der Waals surface area contributed by atoms with Crippen LogP contribution in [0.5, 0.6) is 0 Å². The summed E-state index contributed by atoms with van der Waals surface area (Å²) in [7, 11) is 4.19. The molecule has 0 aliphatic heterocycles. The molecule has 3 heteroatoms. The number of carbonyl (C=O) groups excluding carboxylic acids is 1. The third-order valence-electron chi connectivity index (χ3n) is 4.16. The molecule has 23 heavy (non-hydrogen) atoms. The van der Waals surface area contributed by atoms with Crippen LogP contribution in [0.25, 0.3) is 0 Å². The largest absolute Gasteiger partial charge is 0.465 e. The molecule has 0 saturated heterocycles. The lowest BCUT2D eigenvalue weighted by Crippen LogP contribution is -3.05. The minimum Gasteiger partial charge on any atom is -0.465 e. The van der Waals surface area contributed by atoms with Crippen LogP contribution in [-0.4, -0.2) is 33.2 Å². The second-order valence-electron chi connectivity index (χ2n) is 6.30. The molecule has 0 spiro atoms. The SMILES string of the molecule is C[NH+](C)CCCOC(=O)C(C)(c1ccccc1)c1ccccc1. The fraction of sp³-hybridized carbons (Fsp3) is 0.350. The number of carbonyl (C=O) groups is 1. The minimum atomic E-state index is -0.784. The fourth-order valence-electron chi connectivity index (χ4n) is 2.68. The molecule has 122 valence electrons. The summed E-state index contributed by atoms with van der Waals surface area (Å²) in [5.41, 5.74) is 1.12. The van der Waals surface area contributed by atoms with E-state index in [0.29, 0.717) is 6.61 Å². The molecule has 0 radical (unpaired) electrons. The predicted octanol–water partition coefficient (Wildman–Crippen LogP) is 2.07. The van der Waals surface area contributed by atoms with E-state index >= 15 is 0 Å². The van der Waals surface area contributed by atoms with E-state index in [4.69, 9.17) is 4.74 Å². The van der Waals surface area contributed by atoms with Crippen molar-refractivity contribution in [1.82, 2.24) is 0 Å². The van der Waals surface area contributed by atoms with Crippen LogP contribution >= 0.6 is 0 Å². The van der Waals surface area contributed by atoms with Crippen molar-refractivity contribution in [2.24, 2.45) is 0 Å². The molecule has 0 unspecified atom stereocenters. The maximum absolute atomic E-state index is 12.9.